The number of para-hydroxylation sites is 4. The maximum absolute atomic E-state index is 3.54. The molecule has 4 heteroatoms. The SMILES string of the molecule is c1ccc(-c2cccc(-n3c4ccccc4c4cc(-c5ccc6[nH]c7ccccc7c6c5)ccc43)c2)cc1.c1ccc(-c2cccc(-n3c4ccccc4c4cc(-c5ccc6c(c5)c5ccccc5n6-c5cc6c7c(cccc7c5)-c5ccccc5-6)ccc43)c2)cc1. The monoisotopic (exact) mass is 1170 g/mol. The lowest BCUT2D eigenvalue weighted by atomic mass is 10.0. The molecule has 92 heavy (non-hydrogen) atoms. The Bertz CT molecular complexity index is 6190. The maximum atomic E-state index is 3.54. The Kier molecular flexibility index (Phi) is 11.6. The van der Waals surface area contributed by atoms with Crippen LogP contribution in [0.25, 0.3) is 182 Å². The van der Waals surface area contributed by atoms with Gasteiger partial charge in [0, 0.05) is 71.2 Å². The fourth-order valence-corrected chi connectivity index (χ4v) is 15.2. The van der Waals surface area contributed by atoms with Gasteiger partial charge >= 0.3 is 0 Å². The van der Waals surface area contributed by atoms with Gasteiger partial charge in [-0.15, -0.1) is 0 Å². The van der Waals surface area contributed by atoms with Gasteiger partial charge in [-0.3, -0.25) is 0 Å². The molecule has 1 N–H and O–H groups in total. The molecule has 0 saturated carbocycles. The highest BCUT2D eigenvalue weighted by atomic mass is 15.0. The summed E-state index contributed by atoms with van der Waals surface area (Å²) in [4.78, 5) is 3.54. The molecule has 0 spiro atoms. The molecule has 20 rings (SSSR count). The summed E-state index contributed by atoms with van der Waals surface area (Å²) in [5.74, 6) is 0. The molecule has 0 aliphatic heterocycles. The highest BCUT2D eigenvalue weighted by molar-refractivity contribution is 6.18. The summed E-state index contributed by atoms with van der Waals surface area (Å²) in [5.41, 5.74) is 28.2. The van der Waals surface area contributed by atoms with Crippen LogP contribution >= 0.6 is 0 Å². The molecule has 0 atom stereocenters. The number of nitrogens with zero attached hydrogens (tertiary/aromatic N) is 3. The average Bonchev–Trinajstić information content (AvgIpc) is 1.62. The standard InChI is InChI=1S/C52H32N2.C36H24N2/c1-2-12-33(13-3-1)34-14-10-16-38(28-34)53-48-22-8-6-19-42(48)45-30-35(24-26-50(45)53)36-25-27-51-46(31-36)43-20-7-9-23-49(43)54(51)39-29-37-15-11-21-44-40-17-4-5-18-41(40)47(32-39)52(37)44;1-2-9-24(10-3-1)25-11-8-12-28(21-25)38-35-16-7-5-14-30(35)32-23-27(18-20-36(32)38)26-17-19-34-31(22-26)29-13-4-6-15-33(29)37-34/h1-32H;1-23,37H. The van der Waals surface area contributed by atoms with Crippen molar-refractivity contribution >= 4 is 98.0 Å². The van der Waals surface area contributed by atoms with E-state index in [1.165, 1.54) is 176 Å². The number of fused-ring (bicyclic) bond motifs is 15. The number of hydrogen-bond donors (Lipinski definition) is 1. The Balaban J connectivity index is 0.000000140. The first-order valence-corrected chi connectivity index (χ1v) is 31.7. The first-order chi connectivity index (χ1) is 45.6. The highest BCUT2D eigenvalue weighted by Gasteiger charge is 2.24. The number of rotatable bonds is 7. The van der Waals surface area contributed by atoms with E-state index in [1.54, 1.807) is 0 Å². The molecule has 0 radical (unpaired) electrons. The fourth-order valence-electron chi connectivity index (χ4n) is 15.2. The van der Waals surface area contributed by atoms with Crippen LogP contribution in [0.2, 0.25) is 0 Å². The zero-order valence-corrected chi connectivity index (χ0v) is 50.1. The van der Waals surface area contributed by atoms with Gasteiger partial charge in [-0.2, -0.15) is 0 Å². The summed E-state index contributed by atoms with van der Waals surface area (Å²) >= 11 is 0. The maximum Gasteiger partial charge on any atom is 0.0541 e. The molecule has 4 heterocycles. The van der Waals surface area contributed by atoms with Gasteiger partial charge in [0.25, 0.3) is 0 Å². The first kappa shape index (κ1) is 51.8. The van der Waals surface area contributed by atoms with Gasteiger partial charge < -0.3 is 18.7 Å². The van der Waals surface area contributed by atoms with Crippen LogP contribution in [-0.2, 0) is 0 Å². The molecule has 0 unspecified atom stereocenters. The molecule has 0 amide bonds. The summed E-state index contributed by atoms with van der Waals surface area (Å²) in [6.45, 7) is 0. The van der Waals surface area contributed by atoms with Crippen molar-refractivity contribution < 1.29 is 0 Å². The van der Waals surface area contributed by atoms with E-state index in [9.17, 15) is 0 Å². The normalized spacial score (nSPS) is 11.9. The smallest absolute Gasteiger partial charge is 0.0541 e. The molecule has 1 aliphatic carbocycles. The molecule has 4 nitrogen and oxygen atoms in total. The van der Waals surface area contributed by atoms with Gasteiger partial charge in [-0.05, 0) is 187 Å². The molecular weight excluding hydrogens is 1110 g/mol. The van der Waals surface area contributed by atoms with Gasteiger partial charge in [0.05, 0.1) is 33.1 Å². The van der Waals surface area contributed by atoms with Crippen LogP contribution in [0.5, 0.6) is 0 Å². The van der Waals surface area contributed by atoms with Crippen molar-refractivity contribution in [1.82, 2.24) is 18.7 Å². The Hall–Kier alpha value is -12.2. The molecule has 0 bridgehead atoms. The Labute approximate surface area is 531 Å². The topological polar surface area (TPSA) is 30.6 Å². The van der Waals surface area contributed by atoms with Gasteiger partial charge in [0.2, 0.25) is 0 Å². The van der Waals surface area contributed by atoms with Crippen molar-refractivity contribution in [1.29, 1.82) is 0 Å². The Morgan fingerprint density at radius 1 is 0.185 bits per heavy atom. The third kappa shape index (κ3) is 8.17. The van der Waals surface area contributed by atoms with E-state index >= 15 is 0 Å². The quantitative estimate of drug-likeness (QED) is 0.165. The Morgan fingerprint density at radius 2 is 0.554 bits per heavy atom. The van der Waals surface area contributed by atoms with Crippen LogP contribution in [0.4, 0.5) is 0 Å². The Morgan fingerprint density at radius 3 is 1.09 bits per heavy atom. The lowest BCUT2D eigenvalue weighted by Gasteiger charge is -2.12. The summed E-state index contributed by atoms with van der Waals surface area (Å²) in [5, 5.41) is 12.7. The highest BCUT2D eigenvalue weighted by Crippen LogP contribution is 2.49. The van der Waals surface area contributed by atoms with Crippen LogP contribution in [0.15, 0.2) is 334 Å². The predicted molar refractivity (Wildman–Crippen MR) is 389 cm³/mol. The number of hydrogen-bond acceptors (Lipinski definition) is 0. The second-order valence-electron chi connectivity index (χ2n) is 24.5. The van der Waals surface area contributed by atoms with E-state index < -0.39 is 0 Å². The average molecular weight is 1170 g/mol. The molecule has 4 aromatic heterocycles. The zero-order chi connectivity index (χ0) is 60.4. The second-order valence-corrected chi connectivity index (χ2v) is 24.5. The van der Waals surface area contributed by atoms with E-state index in [2.05, 4.69) is 352 Å². The minimum absolute atomic E-state index is 1.16. The minimum atomic E-state index is 1.16. The molecular formula is C88H56N4. The predicted octanol–water partition coefficient (Wildman–Crippen LogP) is 23.8. The van der Waals surface area contributed by atoms with Crippen LogP contribution in [0, 0.1) is 0 Å². The lowest BCUT2D eigenvalue weighted by Crippen LogP contribution is -1.95. The van der Waals surface area contributed by atoms with Gasteiger partial charge in [0.1, 0.15) is 0 Å². The van der Waals surface area contributed by atoms with Crippen molar-refractivity contribution in [2.24, 2.45) is 0 Å². The van der Waals surface area contributed by atoms with Crippen LogP contribution in [-0.4, -0.2) is 18.7 Å². The lowest BCUT2D eigenvalue weighted by molar-refractivity contribution is 1.18. The van der Waals surface area contributed by atoms with E-state index in [-0.39, 0.29) is 0 Å². The summed E-state index contributed by atoms with van der Waals surface area (Å²) in [7, 11) is 0. The van der Waals surface area contributed by atoms with Crippen molar-refractivity contribution in [2.75, 3.05) is 0 Å². The molecule has 15 aromatic carbocycles. The third-order valence-corrected chi connectivity index (χ3v) is 19.3. The molecule has 19 aromatic rings. The van der Waals surface area contributed by atoms with Crippen LogP contribution in [0.3, 0.4) is 0 Å². The van der Waals surface area contributed by atoms with E-state index in [4.69, 9.17) is 0 Å². The number of H-pyrrole nitrogens is 1. The molecule has 1 aliphatic rings. The number of aromatic nitrogens is 4. The largest absolute Gasteiger partial charge is 0.355 e. The van der Waals surface area contributed by atoms with Crippen LogP contribution < -0.4 is 0 Å². The van der Waals surface area contributed by atoms with Crippen molar-refractivity contribution in [3.8, 4) is 83.8 Å². The number of benzene rings is 15. The molecule has 428 valence electrons. The van der Waals surface area contributed by atoms with Gasteiger partial charge in [0.15, 0.2) is 0 Å². The third-order valence-electron chi connectivity index (χ3n) is 19.3. The zero-order valence-electron chi connectivity index (χ0n) is 50.1. The molecule has 0 fully saturated rings. The van der Waals surface area contributed by atoms with Crippen molar-refractivity contribution in [2.45, 2.75) is 0 Å². The summed E-state index contributed by atoms with van der Waals surface area (Å²) in [6, 6.07) is 122. The summed E-state index contributed by atoms with van der Waals surface area (Å²) < 4.78 is 7.26. The second kappa shape index (κ2) is 20.7. The first-order valence-electron chi connectivity index (χ1n) is 31.7. The molecule has 0 saturated heterocycles. The number of nitrogens with one attached hydrogen (secondary N) is 1. The van der Waals surface area contributed by atoms with E-state index in [0.717, 1.165) is 5.69 Å². The summed E-state index contributed by atoms with van der Waals surface area (Å²) in [6.07, 6.45) is 0. The fraction of sp³-hybridized carbons (Fsp3) is 0. The van der Waals surface area contributed by atoms with Crippen LogP contribution in [0.1, 0.15) is 0 Å². The van der Waals surface area contributed by atoms with E-state index in [1.807, 2.05) is 0 Å². The minimum Gasteiger partial charge on any atom is -0.355 e. The van der Waals surface area contributed by atoms with E-state index in [0.29, 0.717) is 0 Å². The van der Waals surface area contributed by atoms with Gasteiger partial charge in [-0.25, -0.2) is 0 Å². The van der Waals surface area contributed by atoms with Gasteiger partial charge in [-0.1, -0.05) is 224 Å². The van der Waals surface area contributed by atoms with Crippen molar-refractivity contribution in [3.05, 3.63) is 334 Å². The van der Waals surface area contributed by atoms with Crippen molar-refractivity contribution in [3.63, 3.8) is 0 Å². The number of aromatic amines is 1.